The van der Waals surface area contributed by atoms with Crippen LogP contribution in [-0.4, -0.2) is 83.4 Å². The summed E-state index contributed by atoms with van der Waals surface area (Å²) in [4.78, 5) is 26.0. The summed E-state index contributed by atoms with van der Waals surface area (Å²) in [5, 5.41) is 4.30. The smallest absolute Gasteiger partial charge is 0.333 e. The summed E-state index contributed by atoms with van der Waals surface area (Å²) in [7, 11) is -3.69. The van der Waals surface area contributed by atoms with Gasteiger partial charge in [-0.2, -0.15) is 0 Å². The van der Waals surface area contributed by atoms with E-state index >= 15 is 0 Å². The van der Waals surface area contributed by atoms with Crippen LogP contribution in [0.5, 0.6) is 0 Å². The molecule has 1 aromatic carbocycles. The Morgan fingerprint density at radius 1 is 0.972 bits per heavy atom. The van der Waals surface area contributed by atoms with Gasteiger partial charge in [0.25, 0.3) is 5.91 Å². The first-order valence-electron chi connectivity index (χ1n) is 12.8. The lowest BCUT2D eigenvalue weighted by Crippen LogP contribution is -2.53. The van der Waals surface area contributed by atoms with Gasteiger partial charge in [0, 0.05) is 13.2 Å². The van der Waals surface area contributed by atoms with Crippen molar-refractivity contribution in [2.45, 2.75) is 83.5 Å². The third kappa shape index (κ3) is 9.60. The molecule has 9 nitrogen and oxygen atoms in total. The SMILES string of the molecule is CCOC(OCC(=O)N1C[C@@H](OC(OCC)[Si](C)(C)C)[C@@H](Cc2ccccc2)NC(=O)N1)[Si](C)(C)C. The van der Waals surface area contributed by atoms with Crippen molar-refractivity contribution in [2.75, 3.05) is 26.4 Å². The first-order valence-corrected chi connectivity index (χ1v) is 19.9. The fraction of sp³-hybridized carbons (Fsp3) is 0.680. The van der Waals surface area contributed by atoms with Crippen molar-refractivity contribution < 1.29 is 28.5 Å². The minimum Gasteiger partial charge on any atom is -0.357 e. The number of hydrazine groups is 1. The molecule has 1 aliphatic heterocycles. The van der Waals surface area contributed by atoms with Gasteiger partial charge in [-0.25, -0.2) is 15.2 Å². The van der Waals surface area contributed by atoms with E-state index in [2.05, 4.69) is 50.0 Å². The van der Waals surface area contributed by atoms with Crippen LogP contribution in [0.15, 0.2) is 30.3 Å². The number of benzene rings is 1. The lowest BCUT2D eigenvalue weighted by molar-refractivity contribution is -0.158. The van der Waals surface area contributed by atoms with Gasteiger partial charge in [0.1, 0.15) is 40.7 Å². The minimum atomic E-state index is -1.87. The molecule has 11 heteroatoms. The lowest BCUT2D eigenvalue weighted by Gasteiger charge is -2.35. The monoisotopic (exact) mass is 539 g/mol. The maximum absolute atomic E-state index is 13.2. The second kappa shape index (κ2) is 13.7. The van der Waals surface area contributed by atoms with Gasteiger partial charge in [-0.15, -0.1) is 0 Å². The predicted octanol–water partition coefficient (Wildman–Crippen LogP) is 3.54. The summed E-state index contributed by atoms with van der Waals surface area (Å²) in [5.74, 6) is -1.16. The summed E-state index contributed by atoms with van der Waals surface area (Å²) in [6.45, 7) is 17.7. The Kier molecular flexibility index (Phi) is 11.6. The van der Waals surface area contributed by atoms with Gasteiger partial charge in [-0.05, 0) is 25.8 Å². The quantitative estimate of drug-likeness (QED) is 0.294. The molecule has 0 radical (unpaired) electrons. The van der Waals surface area contributed by atoms with Gasteiger partial charge < -0.3 is 24.3 Å². The first-order chi connectivity index (χ1) is 16.8. The Balaban J connectivity index is 2.25. The van der Waals surface area contributed by atoms with Gasteiger partial charge in [-0.1, -0.05) is 69.6 Å². The maximum Gasteiger partial charge on any atom is 0.333 e. The predicted molar refractivity (Wildman–Crippen MR) is 146 cm³/mol. The van der Waals surface area contributed by atoms with Crippen LogP contribution >= 0.6 is 0 Å². The summed E-state index contributed by atoms with van der Waals surface area (Å²) in [6.07, 6.45) is 0.0698. The number of urea groups is 1. The van der Waals surface area contributed by atoms with E-state index in [9.17, 15) is 9.59 Å². The number of nitrogens with zero attached hydrogens (tertiary/aromatic N) is 1. The first kappa shape index (κ1) is 30.5. The maximum atomic E-state index is 13.2. The van der Waals surface area contributed by atoms with E-state index in [0.29, 0.717) is 19.6 Å². The van der Waals surface area contributed by atoms with Crippen molar-refractivity contribution in [3.8, 4) is 0 Å². The fourth-order valence-corrected chi connectivity index (χ4v) is 6.35. The summed E-state index contributed by atoms with van der Waals surface area (Å²) in [5.41, 5.74) is 3.74. The lowest BCUT2D eigenvalue weighted by atomic mass is 10.0. The Morgan fingerprint density at radius 3 is 2.11 bits per heavy atom. The number of ether oxygens (including phenoxy) is 4. The summed E-state index contributed by atoms with van der Waals surface area (Å²) in [6, 6.07) is 9.10. The Labute approximate surface area is 218 Å². The van der Waals surface area contributed by atoms with Crippen molar-refractivity contribution >= 4 is 28.1 Å². The van der Waals surface area contributed by atoms with Gasteiger partial charge >= 0.3 is 6.03 Å². The molecule has 0 aromatic heterocycles. The molecule has 36 heavy (non-hydrogen) atoms. The highest BCUT2D eigenvalue weighted by Gasteiger charge is 2.39. The molecule has 1 aliphatic rings. The van der Waals surface area contributed by atoms with E-state index in [1.807, 2.05) is 44.2 Å². The fourth-order valence-electron chi connectivity index (χ4n) is 3.85. The van der Waals surface area contributed by atoms with Crippen LogP contribution < -0.4 is 10.7 Å². The van der Waals surface area contributed by atoms with Gasteiger partial charge in [0.15, 0.2) is 0 Å². The average molecular weight is 540 g/mol. The van der Waals surface area contributed by atoms with Gasteiger partial charge in [0.05, 0.1) is 12.6 Å². The van der Waals surface area contributed by atoms with E-state index < -0.39 is 34.2 Å². The number of rotatable bonds is 13. The van der Waals surface area contributed by atoms with Gasteiger partial charge in [-0.3, -0.25) is 4.79 Å². The van der Waals surface area contributed by atoms with E-state index in [1.165, 1.54) is 5.01 Å². The second-order valence-electron chi connectivity index (χ2n) is 11.2. The molecule has 1 aromatic rings. The van der Waals surface area contributed by atoms with E-state index in [0.717, 1.165) is 5.56 Å². The molecule has 2 rings (SSSR count). The molecule has 1 saturated heterocycles. The topological polar surface area (TPSA) is 98.4 Å². The number of nitrogens with one attached hydrogen (secondary N) is 2. The number of hydrogen-bond acceptors (Lipinski definition) is 6. The zero-order valence-electron chi connectivity index (χ0n) is 23.1. The number of amides is 3. The Hall–Kier alpha value is -1.77. The molecule has 1 heterocycles. The highest BCUT2D eigenvalue weighted by molar-refractivity contribution is 6.77. The molecular weight excluding hydrogens is 494 g/mol. The zero-order valence-corrected chi connectivity index (χ0v) is 25.1. The third-order valence-electron chi connectivity index (χ3n) is 5.67. The molecule has 0 spiro atoms. The number of carbonyl (C=O) groups excluding carboxylic acids is 2. The summed E-state index contributed by atoms with van der Waals surface area (Å²) < 4.78 is 24.2. The summed E-state index contributed by atoms with van der Waals surface area (Å²) >= 11 is 0. The largest absolute Gasteiger partial charge is 0.357 e. The molecule has 0 bridgehead atoms. The van der Waals surface area contributed by atoms with E-state index in [4.69, 9.17) is 18.9 Å². The molecule has 204 valence electrons. The van der Waals surface area contributed by atoms with Gasteiger partial charge in [0.2, 0.25) is 0 Å². The van der Waals surface area contributed by atoms with Crippen molar-refractivity contribution in [1.29, 1.82) is 0 Å². The van der Waals surface area contributed by atoms with Crippen LogP contribution in [0.4, 0.5) is 4.79 Å². The molecule has 2 N–H and O–H groups in total. The highest BCUT2D eigenvalue weighted by Crippen LogP contribution is 2.20. The normalized spacial score (nSPS) is 20.8. The van der Waals surface area contributed by atoms with Crippen molar-refractivity contribution in [2.24, 2.45) is 0 Å². The van der Waals surface area contributed by atoms with Crippen LogP contribution in [-0.2, 0) is 30.2 Å². The third-order valence-corrected chi connectivity index (χ3v) is 9.14. The van der Waals surface area contributed by atoms with Crippen LogP contribution in [0.25, 0.3) is 0 Å². The molecule has 2 unspecified atom stereocenters. The molecule has 3 amide bonds. The minimum absolute atomic E-state index is 0.165. The molecule has 4 atom stereocenters. The highest BCUT2D eigenvalue weighted by atomic mass is 28.3. The Morgan fingerprint density at radius 2 is 1.56 bits per heavy atom. The molecule has 1 fully saturated rings. The second-order valence-corrected chi connectivity index (χ2v) is 21.6. The molecule has 0 saturated carbocycles. The van der Waals surface area contributed by atoms with Crippen molar-refractivity contribution in [3.63, 3.8) is 0 Å². The van der Waals surface area contributed by atoms with Crippen LogP contribution in [0.2, 0.25) is 39.3 Å². The van der Waals surface area contributed by atoms with Crippen LogP contribution in [0, 0.1) is 0 Å². The number of hydrogen-bond donors (Lipinski definition) is 2. The molecular formula is C25H45N3O6Si2. The zero-order chi connectivity index (χ0) is 26.9. The van der Waals surface area contributed by atoms with Crippen molar-refractivity contribution in [3.05, 3.63) is 35.9 Å². The van der Waals surface area contributed by atoms with Crippen LogP contribution in [0.3, 0.4) is 0 Å². The Bertz CT molecular complexity index is 831. The number of carbonyl (C=O) groups is 2. The standard InChI is InChI=1S/C25H45N3O6Si2/c1-9-31-24(35(3,4)5)33-18-22(29)28-17-21(34-25(32-10-2)36(6,7)8)20(26-23(30)27-28)16-19-14-12-11-13-15-19/h11-15,20-21,24-25H,9-10,16-18H2,1-8H3,(H2,26,27,30)/t20-,21-,24?,25?/m1/s1. The molecule has 0 aliphatic carbocycles. The van der Waals surface area contributed by atoms with Crippen molar-refractivity contribution in [1.82, 2.24) is 15.8 Å². The van der Waals surface area contributed by atoms with Crippen LogP contribution in [0.1, 0.15) is 19.4 Å². The average Bonchev–Trinajstić information content (AvgIpc) is 2.93. The van der Waals surface area contributed by atoms with E-state index in [-0.39, 0.29) is 31.0 Å². The van der Waals surface area contributed by atoms with E-state index in [1.54, 1.807) is 0 Å².